The maximum absolute atomic E-state index is 9.28. The monoisotopic (exact) mass is 258 g/mol. The number of thiazole rings is 1. The van der Waals surface area contributed by atoms with Crippen molar-refractivity contribution in [3.8, 4) is 0 Å². The third kappa shape index (κ3) is 3.40. The number of methoxy groups -OCH3 is 1. The Labute approximate surface area is 107 Å². The van der Waals surface area contributed by atoms with Crippen LogP contribution in [0.4, 0.5) is 5.13 Å². The number of rotatable bonds is 6. The standard InChI is InChI=1S/C12H22N2O2S/c1-8(2)9(3)14(4)12-13-10(7-16-5)11(6-15)17-12/h8-9,15H,6-7H2,1-5H3. The van der Waals surface area contributed by atoms with Crippen molar-refractivity contribution in [2.75, 3.05) is 19.1 Å². The summed E-state index contributed by atoms with van der Waals surface area (Å²) in [5.74, 6) is 0.562. The maximum atomic E-state index is 9.28. The van der Waals surface area contributed by atoms with Gasteiger partial charge in [-0.25, -0.2) is 4.98 Å². The lowest BCUT2D eigenvalue weighted by Gasteiger charge is -2.27. The Bertz CT molecular complexity index is 352. The second-order valence-electron chi connectivity index (χ2n) is 4.55. The van der Waals surface area contributed by atoms with Crippen molar-refractivity contribution >= 4 is 16.5 Å². The van der Waals surface area contributed by atoms with Crippen LogP contribution in [0.25, 0.3) is 0 Å². The lowest BCUT2D eigenvalue weighted by molar-refractivity contribution is 0.179. The number of hydrogen-bond donors (Lipinski definition) is 1. The van der Waals surface area contributed by atoms with Crippen LogP contribution in [0.1, 0.15) is 31.3 Å². The van der Waals surface area contributed by atoms with Gasteiger partial charge < -0.3 is 14.7 Å². The fraction of sp³-hybridized carbons (Fsp3) is 0.750. The van der Waals surface area contributed by atoms with E-state index in [0.29, 0.717) is 18.6 Å². The zero-order valence-corrected chi connectivity index (χ0v) is 12.0. The molecule has 0 aliphatic rings. The highest BCUT2D eigenvalue weighted by Crippen LogP contribution is 2.28. The minimum Gasteiger partial charge on any atom is -0.391 e. The first-order chi connectivity index (χ1) is 8.01. The summed E-state index contributed by atoms with van der Waals surface area (Å²) in [5, 5.41) is 10.2. The van der Waals surface area contributed by atoms with Crippen molar-refractivity contribution in [1.29, 1.82) is 0 Å². The fourth-order valence-corrected chi connectivity index (χ4v) is 2.49. The van der Waals surface area contributed by atoms with E-state index in [4.69, 9.17) is 4.74 Å². The Morgan fingerprint density at radius 1 is 1.41 bits per heavy atom. The van der Waals surface area contributed by atoms with Crippen molar-refractivity contribution in [2.24, 2.45) is 5.92 Å². The number of hydrogen-bond acceptors (Lipinski definition) is 5. The number of aliphatic hydroxyl groups is 1. The van der Waals surface area contributed by atoms with E-state index in [9.17, 15) is 5.11 Å². The molecule has 0 saturated heterocycles. The molecule has 0 aromatic carbocycles. The van der Waals surface area contributed by atoms with Crippen LogP contribution >= 0.6 is 11.3 Å². The average molecular weight is 258 g/mol. The molecule has 0 amide bonds. The van der Waals surface area contributed by atoms with Gasteiger partial charge in [0.15, 0.2) is 5.13 Å². The fourth-order valence-electron chi connectivity index (χ4n) is 1.52. The Hall–Kier alpha value is -0.650. The maximum Gasteiger partial charge on any atom is 0.185 e. The SMILES string of the molecule is COCc1nc(N(C)C(C)C(C)C)sc1CO. The molecule has 0 spiro atoms. The van der Waals surface area contributed by atoms with Gasteiger partial charge in [0.2, 0.25) is 0 Å². The molecule has 1 rings (SSSR count). The number of nitrogens with zero attached hydrogens (tertiary/aromatic N) is 2. The summed E-state index contributed by atoms with van der Waals surface area (Å²) >= 11 is 1.54. The third-order valence-electron chi connectivity index (χ3n) is 3.07. The van der Waals surface area contributed by atoms with Gasteiger partial charge >= 0.3 is 0 Å². The molecule has 0 fully saturated rings. The molecule has 1 aromatic rings. The smallest absolute Gasteiger partial charge is 0.185 e. The molecule has 5 heteroatoms. The Morgan fingerprint density at radius 2 is 2.06 bits per heavy atom. The molecule has 1 N–H and O–H groups in total. The largest absolute Gasteiger partial charge is 0.391 e. The van der Waals surface area contributed by atoms with Gasteiger partial charge in [-0.05, 0) is 12.8 Å². The number of aromatic nitrogens is 1. The predicted molar refractivity (Wildman–Crippen MR) is 71.5 cm³/mol. The lowest BCUT2D eigenvalue weighted by Crippen LogP contribution is -2.33. The first kappa shape index (κ1) is 14.4. The summed E-state index contributed by atoms with van der Waals surface area (Å²) in [4.78, 5) is 7.59. The zero-order chi connectivity index (χ0) is 13.0. The van der Waals surface area contributed by atoms with Gasteiger partial charge in [0.05, 0.1) is 23.8 Å². The molecular formula is C12H22N2O2S. The molecule has 1 unspecified atom stereocenters. The molecule has 17 heavy (non-hydrogen) atoms. The summed E-state index contributed by atoms with van der Waals surface area (Å²) in [6.45, 7) is 7.05. The molecule has 4 nitrogen and oxygen atoms in total. The van der Waals surface area contributed by atoms with Crippen LogP contribution in [0.2, 0.25) is 0 Å². The predicted octanol–water partition coefficient (Wildman–Crippen LogP) is 2.26. The molecule has 0 bridgehead atoms. The minimum atomic E-state index is 0.0280. The van der Waals surface area contributed by atoms with Crippen molar-refractivity contribution in [1.82, 2.24) is 4.98 Å². The van der Waals surface area contributed by atoms with Gasteiger partial charge in [-0.15, -0.1) is 0 Å². The first-order valence-corrected chi connectivity index (χ1v) is 6.64. The van der Waals surface area contributed by atoms with Crippen LogP contribution in [0.5, 0.6) is 0 Å². The molecular weight excluding hydrogens is 236 g/mol. The summed E-state index contributed by atoms with van der Waals surface area (Å²) < 4.78 is 5.09. The van der Waals surface area contributed by atoms with E-state index >= 15 is 0 Å². The average Bonchev–Trinajstić information content (AvgIpc) is 2.70. The highest BCUT2D eigenvalue weighted by molar-refractivity contribution is 7.15. The molecule has 1 aromatic heterocycles. The van der Waals surface area contributed by atoms with Crippen LogP contribution in [0.3, 0.4) is 0 Å². The van der Waals surface area contributed by atoms with Gasteiger partial charge in [-0.3, -0.25) is 0 Å². The molecule has 98 valence electrons. The van der Waals surface area contributed by atoms with Crippen molar-refractivity contribution < 1.29 is 9.84 Å². The van der Waals surface area contributed by atoms with Crippen molar-refractivity contribution in [2.45, 2.75) is 40.0 Å². The molecule has 1 heterocycles. The van der Waals surface area contributed by atoms with Crippen LogP contribution < -0.4 is 4.90 Å². The second-order valence-corrected chi connectivity index (χ2v) is 5.62. The molecule has 0 aliphatic heterocycles. The summed E-state index contributed by atoms with van der Waals surface area (Å²) in [6.07, 6.45) is 0. The number of aliphatic hydroxyl groups excluding tert-OH is 1. The lowest BCUT2D eigenvalue weighted by atomic mass is 10.1. The van der Waals surface area contributed by atoms with Crippen LogP contribution in [-0.4, -0.2) is 30.3 Å². The quantitative estimate of drug-likeness (QED) is 0.850. The first-order valence-electron chi connectivity index (χ1n) is 5.82. The molecule has 0 saturated carbocycles. The van der Waals surface area contributed by atoms with E-state index in [-0.39, 0.29) is 6.61 Å². The van der Waals surface area contributed by atoms with E-state index < -0.39 is 0 Å². The van der Waals surface area contributed by atoms with E-state index in [1.165, 1.54) is 11.3 Å². The molecule has 0 radical (unpaired) electrons. The third-order valence-corrected chi connectivity index (χ3v) is 4.24. The highest BCUT2D eigenvalue weighted by Gasteiger charge is 2.19. The van der Waals surface area contributed by atoms with Gasteiger partial charge in [0, 0.05) is 20.2 Å². The van der Waals surface area contributed by atoms with Gasteiger partial charge in [-0.2, -0.15) is 0 Å². The number of ether oxygens (including phenoxy) is 1. The highest BCUT2D eigenvalue weighted by atomic mass is 32.1. The Morgan fingerprint density at radius 3 is 2.53 bits per heavy atom. The topological polar surface area (TPSA) is 45.6 Å². The van der Waals surface area contributed by atoms with E-state index in [2.05, 4.69) is 30.7 Å². The second kappa shape index (κ2) is 6.33. The van der Waals surface area contributed by atoms with Gasteiger partial charge in [-0.1, -0.05) is 25.2 Å². The van der Waals surface area contributed by atoms with E-state index in [0.717, 1.165) is 15.7 Å². The molecule has 1 atom stereocenters. The summed E-state index contributed by atoms with van der Waals surface area (Å²) in [5.41, 5.74) is 0.845. The van der Waals surface area contributed by atoms with Gasteiger partial charge in [0.1, 0.15) is 0 Å². The Balaban J connectivity index is 2.90. The van der Waals surface area contributed by atoms with Crippen LogP contribution in [0, 0.1) is 5.92 Å². The van der Waals surface area contributed by atoms with Crippen LogP contribution in [-0.2, 0) is 18.0 Å². The summed E-state index contributed by atoms with van der Waals surface area (Å²) in [7, 11) is 3.68. The van der Waals surface area contributed by atoms with E-state index in [1.807, 2.05) is 7.05 Å². The van der Waals surface area contributed by atoms with Crippen LogP contribution in [0.15, 0.2) is 0 Å². The van der Waals surface area contributed by atoms with E-state index in [1.54, 1.807) is 7.11 Å². The van der Waals surface area contributed by atoms with Crippen molar-refractivity contribution in [3.63, 3.8) is 0 Å². The zero-order valence-electron chi connectivity index (χ0n) is 11.2. The minimum absolute atomic E-state index is 0.0280. The summed E-state index contributed by atoms with van der Waals surface area (Å²) in [6, 6.07) is 0.420. The number of anilines is 1. The Kier molecular flexibility index (Phi) is 5.36. The van der Waals surface area contributed by atoms with Gasteiger partial charge in [0.25, 0.3) is 0 Å². The van der Waals surface area contributed by atoms with Crippen molar-refractivity contribution in [3.05, 3.63) is 10.6 Å². The molecule has 0 aliphatic carbocycles. The normalized spacial score (nSPS) is 13.1.